The zero-order chi connectivity index (χ0) is 66.9. The minimum Gasteiger partial charge on any atom is -0.456 e. The summed E-state index contributed by atoms with van der Waals surface area (Å²) in [6, 6.07) is 0. The molecule has 0 atom stereocenters. The van der Waals surface area contributed by atoms with E-state index in [2.05, 4.69) is 60.6 Å². The number of carbonyl (C=O) groups excluding carboxylic acids is 5. The fraction of sp³-hybridized carbons (Fsp3) is 0.803. The molecule has 528 valence electrons. The van der Waals surface area contributed by atoms with E-state index in [-0.39, 0.29) is 61.4 Å². The fourth-order valence-corrected chi connectivity index (χ4v) is 17.2. The molecule has 10 nitrogen and oxygen atoms in total. The van der Waals surface area contributed by atoms with Gasteiger partial charge in [-0.1, -0.05) is 121 Å². The Kier molecular flexibility index (Phi) is 32.1. The standard InChI is InChI=1S/C18H25F3O2.C18H28O2.C14H24O2.C13H19F3O2.C11H18O2.2CH4/c1-3-4-5-17(23-16(22)11(2)18(19,20)21)14-7-12-6-13(9-14)10-15(17)8-12;1-4-5-6-18(20-17(19)12(2)3)15-8-13-7-14(10-15)11-16(18)9-13;1-4-14(16-13(15)12(2)3)10-8-6-5-7-9-11-14;1-3-4-7-12(8-5-6-9-12)18-11(17)10(2)13(14,15)16;1-4-11(7-5-6-8-11)13-10(12)9(2)3;;/h12-15H,2-10H2,1H3;13-16H,2,4-11H2,1,3H3;2,4-11H2,1,3H3;2-9H2,1H3;2,4-8H2,1,3H3;2*1H4. The van der Waals surface area contributed by atoms with Gasteiger partial charge in [0, 0.05) is 16.7 Å². The van der Waals surface area contributed by atoms with Gasteiger partial charge < -0.3 is 23.7 Å². The number of esters is 5. The van der Waals surface area contributed by atoms with Crippen LogP contribution in [0.4, 0.5) is 26.3 Å². The lowest BCUT2D eigenvalue weighted by Gasteiger charge is -2.60. The van der Waals surface area contributed by atoms with Crippen molar-refractivity contribution in [1.29, 1.82) is 0 Å². The normalized spacial score (nSPS) is 28.8. The first kappa shape index (κ1) is 81.9. The van der Waals surface area contributed by atoms with E-state index in [1.807, 2.05) is 6.92 Å². The second-order valence-electron chi connectivity index (χ2n) is 29.0. The number of rotatable bonds is 21. The lowest BCUT2D eigenvalue weighted by Crippen LogP contribution is -2.59. The summed E-state index contributed by atoms with van der Waals surface area (Å²) in [7, 11) is 0. The number of unbranched alkanes of at least 4 members (excludes halogenated alkanes) is 3. The molecule has 0 saturated heterocycles. The van der Waals surface area contributed by atoms with Gasteiger partial charge in [-0.05, 0) is 261 Å². The lowest BCUT2D eigenvalue weighted by atomic mass is 9.49. The molecule has 16 heteroatoms. The Balaban J connectivity index is 0.000000302. The van der Waals surface area contributed by atoms with E-state index in [0.29, 0.717) is 66.1 Å². The van der Waals surface area contributed by atoms with Gasteiger partial charge in [0.05, 0.1) is 0 Å². The van der Waals surface area contributed by atoms with Gasteiger partial charge in [0.2, 0.25) is 0 Å². The average Bonchev–Trinajstić information content (AvgIpc) is 0.916. The highest BCUT2D eigenvalue weighted by atomic mass is 19.4. The van der Waals surface area contributed by atoms with Gasteiger partial charge in [-0.25, -0.2) is 24.0 Å². The molecule has 8 bridgehead atoms. The Labute approximate surface area is 551 Å². The van der Waals surface area contributed by atoms with Crippen LogP contribution in [0.1, 0.15) is 301 Å². The molecule has 11 rings (SSSR count). The lowest BCUT2D eigenvalue weighted by molar-refractivity contribution is -0.213. The summed E-state index contributed by atoms with van der Waals surface area (Å²) in [4.78, 5) is 58.8. The Morgan fingerprint density at radius 1 is 0.359 bits per heavy atom. The Bertz CT molecular complexity index is 2390. The van der Waals surface area contributed by atoms with Gasteiger partial charge in [-0.15, -0.1) is 0 Å². The van der Waals surface area contributed by atoms with Crippen molar-refractivity contribution in [2.75, 3.05) is 0 Å². The molecule has 92 heavy (non-hydrogen) atoms. The predicted octanol–water partition coefficient (Wildman–Crippen LogP) is 21.8. The molecule has 0 aromatic rings. The maximum atomic E-state index is 12.8. The van der Waals surface area contributed by atoms with Crippen LogP contribution in [0.5, 0.6) is 0 Å². The molecule has 11 saturated carbocycles. The Morgan fingerprint density at radius 2 is 0.598 bits per heavy atom. The van der Waals surface area contributed by atoms with E-state index in [9.17, 15) is 50.3 Å². The summed E-state index contributed by atoms with van der Waals surface area (Å²) < 4.78 is 103. The van der Waals surface area contributed by atoms with Gasteiger partial charge >= 0.3 is 42.2 Å². The van der Waals surface area contributed by atoms with Gasteiger partial charge in [0.1, 0.15) is 39.2 Å². The fourth-order valence-electron chi connectivity index (χ4n) is 17.2. The molecule has 0 aliphatic heterocycles. The largest absolute Gasteiger partial charge is 0.456 e. The van der Waals surface area contributed by atoms with Gasteiger partial charge in [0.25, 0.3) is 0 Å². The highest BCUT2D eigenvalue weighted by Gasteiger charge is 2.61. The van der Waals surface area contributed by atoms with Crippen molar-refractivity contribution in [1.82, 2.24) is 0 Å². The minimum absolute atomic E-state index is 0. The van der Waals surface area contributed by atoms with Crippen molar-refractivity contribution >= 4 is 29.8 Å². The molecule has 0 radical (unpaired) electrons. The molecular weight excluding hydrogens is 1190 g/mol. The zero-order valence-electron chi connectivity index (χ0n) is 56.5. The van der Waals surface area contributed by atoms with E-state index in [1.54, 1.807) is 20.8 Å². The third kappa shape index (κ3) is 21.8. The van der Waals surface area contributed by atoms with E-state index in [0.717, 1.165) is 121 Å². The number of halogens is 6. The van der Waals surface area contributed by atoms with E-state index >= 15 is 0 Å². The molecule has 0 aromatic heterocycles. The molecule has 0 heterocycles. The van der Waals surface area contributed by atoms with E-state index < -0.39 is 46.6 Å². The Morgan fingerprint density at radius 3 is 0.880 bits per heavy atom. The number of hydrogen-bond acceptors (Lipinski definition) is 10. The number of ether oxygens (including phenoxy) is 5. The summed E-state index contributed by atoms with van der Waals surface area (Å²) in [5.74, 6) is 1.69. The second-order valence-corrected chi connectivity index (χ2v) is 29.0. The summed E-state index contributed by atoms with van der Waals surface area (Å²) in [5.41, 5.74) is -3.14. The SMILES string of the molecule is C.C.C=C(C(=O)OC1(CCCC)C2CC3CC(C2)CC1C3)C(F)(F)F.C=C(C(=O)OC1(CCCC)CCCC1)C(F)(F)F.C=C(C)C(=O)OC1(CC)CCCC1.C=C(C)C(=O)OC1(CC)CCCCCCC1.C=C(C)C(=O)OC1(CCCC)C2CC3CC(C2)CC1C3. The molecule has 11 fully saturated rings. The summed E-state index contributed by atoms with van der Waals surface area (Å²) in [5, 5.41) is 0. The van der Waals surface area contributed by atoms with E-state index in [4.69, 9.17) is 23.7 Å². The van der Waals surface area contributed by atoms with Crippen LogP contribution in [-0.4, -0.2) is 70.2 Å². The maximum absolute atomic E-state index is 12.8. The van der Waals surface area contributed by atoms with Crippen LogP contribution in [0, 0.1) is 47.3 Å². The summed E-state index contributed by atoms with van der Waals surface area (Å²) in [6.07, 6.45) is 28.4. The van der Waals surface area contributed by atoms with Gasteiger partial charge in [-0.2, -0.15) is 26.3 Å². The van der Waals surface area contributed by atoms with Crippen LogP contribution in [0.15, 0.2) is 60.8 Å². The van der Waals surface area contributed by atoms with Crippen LogP contribution in [-0.2, 0) is 47.7 Å². The first-order valence-electron chi connectivity index (χ1n) is 35.0. The minimum atomic E-state index is -4.71. The number of alkyl halides is 6. The molecule has 0 aromatic carbocycles. The van der Waals surface area contributed by atoms with Crippen molar-refractivity contribution in [3.63, 3.8) is 0 Å². The van der Waals surface area contributed by atoms with Gasteiger partial charge in [0.15, 0.2) is 0 Å². The van der Waals surface area contributed by atoms with Crippen molar-refractivity contribution in [3.8, 4) is 0 Å². The molecule has 0 amide bonds. The zero-order valence-corrected chi connectivity index (χ0v) is 56.5. The molecule has 0 spiro atoms. The van der Waals surface area contributed by atoms with Crippen molar-refractivity contribution in [2.45, 2.75) is 342 Å². The number of carbonyl (C=O) groups is 5. The summed E-state index contributed by atoms with van der Waals surface area (Å²) in [6.45, 7) is 32.4. The van der Waals surface area contributed by atoms with Crippen LogP contribution >= 0.6 is 0 Å². The molecule has 0 unspecified atom stereocenters. The second kappa shape index (κ2) is 36.1. The highest BCUT2D eigenvalue weighted by Crippen LogP contribution is 2.63. The van der Waals surface area contributed by atoms with E-state index in [1.165, 1.54) is 96.3 Å². The van der Waals surface area contributed by atoms with Gasteiger partial charge in [-0.3, -0.25) is 0 Å². The van der Waals surface area contributed by atoms with Crippen LogP contribution in [0.2, 0.25) is 0 Å². The van der Waals surface area contributed by atoms with Crippen LogP contribution in [0.3, 0.4) is 0 Å². The van der Waals surface area contributed by atoms with Crippen LogP contribution < -0.4 is 0 Å². The Hall–Kier alpha value is -4.37. The molecule has 11 aliphatic carbocycles. The third-order valence-electron chi connectivity index (χ3n) is 22.2. The summed E-state index contributed by atoms with van der Waals surface area (Å²) >= 11 is 0. The van der Waals surface area contributed by atoms with Crippen molar-refractivity contribution in [2.24, 2.45) is 47.3 Å². The quantitative estimate of drug-likeness (QED) is 0.0474. The number of hydrogen-bond donors (Lipinski definition) is 0. The van der Waals surface area contributed by atoms with Crippen molar-refractivity contribution in [3.05, 3.63) is 60.8 Å². The van der Waals surface area contributed by atoms with Crippen molar-refractivity contribution < 1.29 is 74.0 Å². The highest BCUT2D eigenvalue weighted by molar-refractivity contribution is 5.90. The third-order valence-corrected chi connectivity index (χ3v) is 22.2. The smallest absolute Gasteiger partial charge is 0.422 e. The molecule has 0 N–H and O–H groups in total. The molecule has 11 aliphatic rings. The monoisotopic (exact) mass is 1310 g/mol. The first-order valence-corrected chi connectivity index (χ1v) is 35.0. The first-order chi connectivity index (χ1) is 42.3. The predicted molar refractivity (Wildman–Crippen MR) is 355 cm³/mol. The maximum Gasteiger partial charge on any atom is 0.422 e. The molecular formula is C76H122F6O10. The topological polar surface area (TPSA) is 132 Å². The van der Waals surface area contributed by atoms with Crippen LogP contribution in [0.25, 0.3) is 0 Å². The average molecular weight is 1310 g/mol.